The van der Waals surface area contributed by atoms with Crippen LogP contribution in [0.3, 0.4) is 0 Å². The van der Waals surface area contributed by atoms with E-state index < -0.39 is 24.6 Å². The summed E-state index contributed by atoms with van der Waals surface area (Å²) in [6, 6.07) is 12.0. The molecular weight excluding hydrogens is 498 g/mol. The molecule has 14 heteroatoms. The van der Waals surface area contributed by atoms with E-state index in [0.29, 0.717) is 12.1 Å². The summed E-state index contributed by atoms with van der Waals surface area (Å²) in [4.78, 5) is 30.5. The lowest BCUT2D eigenvalue weighted by atomic mass is 10.3. The van der Waals surface area contributed by atoms with E-state index in [1.165, 1.54) is 54.5 Å². The highest BCUT2D eigenvalue weighted by Gasteiger charge is 2.15. The summed E-state index contributed by atoms with van der Waals surface area (Å²) < 4.78 is 27.9. The molecule has 0 spiro atoms. The highest BCUT2D eigenvalue weighted by Crippen LogP contribution is 2.47. The maximum absolute atomic E-state index is 11.8. The van der Waals surface area contributed by atoms with Crippen molar-refractivity contribution in [1.82, 2.24) is 0 Å². The number of non-ortho nitro benzene ring substituents is 2. The van der Waals surface area contributed by atoms with Crippen LogP contribution in [-0.2, 0) is 13.7 Å². The lowest BCUT2D eigenvalue weighted by Crippen LogP contribution is -1.91. The van der Waals surface area contributed by atoms with Gasteiger partial charge in [-0.1, -0.05) is 0 Å². The van der Waals surface area contributed by atoms with E-state index in [9.17, 15) is 29.4 Å². The highest BCUT2D eigenvalue weighted by atomic mass is 32.2. The van der Waals surface area contributed by atoms with Gasteiger partial charge in [-0.15, -0.1) is 23.5 Å². The van der Waals surface area contributed by atoms with Gasteiger partial charge in [0.15, 0.2) is 0 Å². The monoisotopic (exact) mass is 522 g/mol. The zero-order valence-corrected chi connectivity index (χ0v) is 21.1. The molecule has 0 amide bonds. The Morgan fingerprint density at radius 2 is 1.22 bits per heavy atom. The van der Waals surface area contributed by atoms with Gasteiger partial charge >= 0.3 is 0 Å². The Labute approximate surface area is 194 Å². The first-order chi connectivity index (χ1) is 14.8. The zero-order chi connectivity index (χ0) is 24.4. The Morgan fingerprint density at radius 1 is 0.844 bits per heavy atom. The fourth-order valence-electron chi connectivity index (χ4n) is 2.02. The van der Waals surface area contributed by atoms with Gasteiger partial charge in [0.25, 0.3) is 11.4 Å². The van der Waals surface area contributed by atoms with Crippen LogP contribution in [0.25, 0.3) is 0 Å². The SMILES string of the molecule is CCOP(C)(=O)CSc1ccc([N+](=O)[O-])cc1.CP(=O)(O)CSc1ccc([N+](=O)[O-])cc1. The number of hydrogen-bond acceptors (Lipinski definition) is 9. The first kappa shape index (κ1) is 28.4. The second-order valence-electron chi connectivity index (χ2n) is 6.53. The number of thioether (sulfide) groups is 2. The second kappa shape index (κ2) is 13.1. The van der Waals surface area contributed by atoms with Crippen molar-refractivity contribution < 1.29 is 28.4 Å². The van der Waals surface area contributed by atoms with Crippen LogP contribution in [-0.4, -0.2) is 45.7 Å². The Bertz CT molecular complexity index is 997. The molecule has 176 valence electrons. The van der Waals surface area contributed by atoms with Crippen molar-refractivity contribution in [3.05, 3.63) is 68.8 Å². The number of nitrogens with zero attached hydrogens (tertiary/aromatic N) is 2. The first-order valence-electron chi connectivity index (χ1n) is 9.08. The molecule has 0 fully saturated rings. The quantitative estimate of drug-likeness (QED) is 0.167. The van der Waals surface area contributed by atoms with E-state index >= 15 is 0 Å². The van der Waals surface area contributed by atoms with Crippen LogP contribution >= 0.6 is 38.3 Å². The number of nitro benzene ring substituents is 2. The van der Waals surface area contributed by atoms with Gasteiger partial charge in [-0.2, -0.15) is 0 Å². The molecule has 10 nitrogen and oxygen atoms in total. The largest absolute Gasteiger partial charge is 0.344 e. The maximum atomic E-state index is 11.8. The van der Waals surface area contributed by atoms with Crippen molar-refractivity contribution in [3.63, 3.8) is 0 Å². The van der Waals surface area contributed by atoms with Gasteiger partial charge in [0, 0.05) is 47.4 Å². The van der Waals surface area contributed by atoms with Crippen LogP contribution in [0, 0.1) is 20.2 Å². The van der Waals surface area contributed by atoms with Gasteiger partial charge in [0.1, 0.15) is 0 Å². The Hall–Kier alpha value is -1.68. The van der Waals surface area contributed by atoms with Gasteiger partial charge in [-0.25, -0.2) is 0 Å². The summed E-state index contributed by atoms with van der Waals surface area (Å²) in [5.41, 5.74) is 0.561. The van der Waals surface area contributed by atoms with E-state index in [0.717, 1.165) is 9.79 Å². The van der Waals surface area contributed by atoms with Crippen LogP contribution in [0.2, 0.25) is 0 Å². The minimum atomic E-state index is -3.03. The lowest BCUT2D eigenvalue weighted by molar-refractivity contribution is -0.385. The third-order valence-corrected chi connectivity index (χ3v) is 10.3. The van der Waals surface area contributed by atoms with Crippen molar-refractivity contribution >= 4 is 49.6 Å². The van der Waals surface area contributed by atoms with Crippen molar-refractivity contribution in [1.29, 1.82) is 0 Å². The van der Waals surface area contributed by atoms with Crippen LogP contribution in [0.4, 0.5) is 11.4 Å². The van der Waals surface area contributed by atoms with Gasteiger partial charge < -0.3 is 9.42 Å². The molecule has 0 heterocycles. The molecule has 2 rings (SSSR count). The molecule has 0 aliphatic heterocycles. The minimum Gasteiger partial charge on any atom is -0.344 e. The molecule has 0 bridgehead atoms. The Kier molecular flexibility index (Phi) is 11.6. The van der Waals surface area contributed by atoms with E-state index in [1.807, 2.05) is 0 Å². The molecule has 0 radical (unpaired) electrons. The number of benzene rings is 2. The fraction of sp³-hybridized carbons (Fsp3) is 0.333. The predicted octanol–water partition coefficient (Wildman–Crippen LogP) is 6.13. The molecule has 0 aliphatic carbocycles. The minimum absolute atomic E-state index is 0.0167. The van der Waals surface area contributed by atoms with Crippen LogP contribution in [0.5, 0.6) is 0 Å². The molecule has 2 aromatic rings. The molecule has 0 aromatic heterocycles. The zero-order valence-electron chi connectivity index (χ0n) is 17.7. The Morgan fingerprint density at radius 3 is 1.53 bits per heavy atom. The maximum Gasteiger partial charge on any atom is 0.269 e. The second-order valence-corrected chi connectivity index (χ2v) is 14.5. The summed E-state index contributed by atoms with van der Waals surface area (Å²) in [5.74, 6) is 0. The van der Waals surface area contributed by atoms with E-state index in [-0.39, 0.29) is 16.9 Å². The number of hydrogen-bond donors (Lipinski definition) is 1. The van der Waals surface area contributed by atoms with Crippen molar-refractivity contribution in [2.75, 3.05) is 30.9 Å². The molecule has 1 N–H and O–H groups in total. The molecular formula is C18H24N2O8P2S2. The Balaban J connectivity index is 0.000000323. The van der Waals surface area contributed by atoms with Crippen molar-refractivity contribution in [2.24, 2.45) is 0 Å². The van der Waals surface area contributed by atoms with E-state index in [4.69, 9.17) is 9.42 Å². The molecule has 2 atom stereocenters. The molecule has 0 saturated heterocycles. The average molecular weight is 522 g/mol. The summed E-state index contributed by atoms with van der Waals surface area (Å²) in [6.45, 7) is 5.10. The molecule has 0 aliphatic rings. The average Bonchev–Trinajstić information content (AvgIpc) is 2.71. The summed E-state index contributed by atoms with van der Waals surface area (Å²) in [6.07, 6.45) is 0. The number of nitro groups is 2. The normalized spacial score (nSPS) is 14.4. The molecule has 0 saturated carbocycles. The van der Waals surface area contributed by atoms with Gasteiger partial charge in [0.2, 0.25) is 14.7 Å². The van der Waals surface area contributed by atoms with Gasteiger partial charge in [0.05, 0.1) is 27.4 Å². The van der Waals surface area contributed by atoms with Crippen molar-refractivity contribution in [2.45, 2.75) is 16.7 Å². The summed E-state index contributed by atoms with van der Waals surface area (Å²) in [7, 11) is -5.59. The van der Waals surface area contributed by atoms with Crippen LogP contribution < -0.4 is 0 Å². The molecule has 2 unspecified atom stereocenters. The molecule has 2 aromatic carbocycles. The highest BCUT2D eigenvalue weighted by molar-refractivity contribution is 8.05. The van der Waals surface area contributed by atoms with Gasteiger partial charge in [-0.05, 0) is 31.2 Å². The van der Waals surface area contributed by atoms with E-state index in [1.54, 1.807) is 37.9 Å². The van der Waals surface area contributed by atoms with Crippen LogP contribution in [0.15, 0.2) is 58.3 Å². The predicted molar refractivity (Wildman–Crippen MR) is 129 cm³/mol. The third kappa shape index (κ3) is 11.8. The summed E-state index contributed by atoms with van der Waals surface area (Å²) in [5, 5.41) is 20.8. The lowest BCUT2D eigenvalue weighted by Gasteiger charge is -2.11. The number of rotatable bonds is 10. The third-order valence-electron chi connectivity index (χ3n) is 3.43. The fourth-order valence-corrected chi connectivity index (χ4v) is 6.61. The van der Waals surface area contributed by atoms with Gasteiger partial charge in [-0.3, -0.25) is 29.4 Å². The van der Waals surface area contributed by atoms with Crippen molar-refractivity contribution in [3.8, 4) is 0 Å². The smallest absolute Gasteiger partial charge is 0.269 e. The first-order valence-corrected chi connectivity index (χ1v) is 15.6. The van der Waals surface area contributed by atoms with E-state index in [2.05, 4.69) is 0 Å². The summed E-state index contributed by atoms with van der Waals surface area (Å²) >= 11 is 2.59. The topological polar surface area (TPSA) is 150 Å². The van der Waals surface area contributed by atoms with Crippen LogP contribution in [0.1, 0.15) is 6.92 Å². The molecule has 32 heavy (non-hydrogen) atoms. The standard InChI is InChI=1S/C10H14NO4PS.C8H10NO4PS/c1-3-15-16(2,14)8-17-10-6-4-9(5-7-10)11(12)13;1-14(12,13)6-15-8-4-2-7(3-5-8)9(10)11/h4-7H,3,8H2,1-2H3;2-5H,6H2,1H3,(H,12,13).